The van der Waals surface area contributed by atoms with Gasteiger partial charge in [-0.25, -0.2) is 4.39 Å². The topological polar surface area (TPSA) is 49.4 Å². The van der Waals surface area contributed by atoms with Crippen molar-refractivity contribution < 1.29 is 14.0 Å². The Morgan fingerprint density at radius 2 is 1.96 bits per heavy atom. The molecule has 27 heavy (non-hydrogen) atoms. The minimum absolute atomic E-state index is 0.140. The van der Waals surface area contributed by atoms with Crippen LogP contribution < -0.4 is 5.32 Å². The van der Waals surface area contributed by atoms with Gasteiger partial charge >= 0.3 is 0 Å². The van der Waals surface area contributed by atoms with E-state index in [-0.39, 0.29) is 30.6 Å². The standard InChI is InChI=1S/C20H19Cl2FN2O2/c21-16-6-5-13(17(22)10-16)7-8-24-20(27)15-9-19(26)25(12-15)11-14-3-1-2-4-18(14)23/h1-6,10,15H,7-9,11-12H2,(H,24,27). The molecule has 1 aliphatic heterocycles. The first kappa shape index (κ1) is 19.6. The molecule has 2 amide bonds. The predicted octanol–water partition coefficient (Wildman–Crippen LogP) is 3.84. The van der Waals surface area contributed by atoms with Gasteiger partial charge in [0.25, 0.3) is 0 Å². The first-order chi connectivity index (χ1) is 12.9. The summed E-state index contributed by atoms with van der Waals surface area (Å²) in [7, 11) is 0. The minimum Gasteiger partial charge on any atom is -0.355 e. The van der Waals surface area contributed by atoms with Gasteiger partial charge in [-0.15, -0.1) is 0 Å². The summed E-state index contributed by atoms with van der Waals surface area (Å²) in [4.78, 5) is 26.1. The van der Waals surface area contributed by atoms with Gasteiger partial charge in [-0.05, 0) is 30.2 Å². The summed E-state index contributed by atoms with van der Waals surface area (Å²) in [6.07, 6.45) is 0.712. The van der Waals surface area contributed by atoms with E-state index in [4.69, 9.17) is 23.2 Å². The lowest BCUT2D eigenvalue weighted by molar-refractivity contribution is -0.129. The van der Waals surface area contributed by atoms with E-state index < -0.39 is 5.92 Å². The largest absolute Gasteiger partial charge is 0.355 e. The number of amides is 2. The highest BCUT2D eigenvalue weighted by Crippen LogP contribution is 2.23. The third kappa shape index (κ3) is 4.99. The molecule has 2 aromatic carbocycles. The Labute approximate surface area is 167 Å². The van der Waals surface area contributed by atoms with E-state index in [1.807, 2.05) is 6.07 Å². The summed E-state index contributed by atoms with van der Waals surface area (Å²) in [5.41, 5.74) is 1.34. The van der Waals surface area contributed by atoms with Gasteiger partial charge < -0.3 is 10.2 Å². The molecule has 1 heterocycles. The van der Waals surface area contributed by atoms with Crippen LogP contribution in [0, 0.1) is 11.7 Å². The number of nitrogens with one attached hydrogen (secondary N) is 1. The van der Waals surface area contributed by atoms with E-state index in [1.165, 1.54) is 11.0 Å². The van der Waals surface area contributed by atoms with Crippen molar-refractivity contribution >= 4 is 35.0 Å². The Morgan fingerprint density at radius 3 is 2.70 bits per heavy atom. The first-order valence-electron chi connectivity index (χ1n) is 8.67. The van der Waals surface area contributed by atoms with E-state index in [2.05, 4.69) is 5.32 Å². The zero-order valence-electron chi connectivity index (χ0n) is 14.6. The second kappa shape index (κ2) is 8.72. The quantitative estimate of drug-likeness (QED) is 0.788. The molecule has 1 saturated heterocycles. The highest BCUT2D eigenvalue weighted by molar-refractivity contribution is 6.35. The van der Waals surface area contributed by atoms with Crippen molar-refractivity contribution in [2.24, 2.45) is 5.92 Å². The SMILES string of the molecule is O=C(NCCc1ccc(Cl)cc1Cl)C1CC(=O)N(Cc2ccccc2F)C1. The summed E-state index contributed by atoms with van der Waals surface area (Å²) in [5, 5.41) is 3.97. The van der Waals surface area contributed by atoms with Crippen LogP contribution in [0.5, 0.6) is 0 Å². The smallest absolute Gasteiger partial charge is 0.225 e. The van der Waals surface area contributed by atoms with Crippen molar-refractivity contribution in [3.63, 3.8) is 0 Å². The summed E-state index contributed by atoms with van der Waals surface area (Å²) < 4.78 is 13.8. The molecule has 3 rings (SSSR count). The Morgan fingerprint density at radius 1 is 1.19 bits per heavy atom. The number of likely N-dealkylation sites (tertiary alicyclic amines) is 1. The maximum Gasteiger partial charge on any atom is 0.225 e. The fraction of sp³-hybridized carbons (Fsp3) is 0.300. The molecule has 0 spiro atoms. The normalized spacial score (nSPS) is 16.6. The van der Waals surface area contributed by atoms with Crippen molar-refractivity contribution in [3.05, 3.63) is 69.5 Å². The van der Waals surface area contributed by atoms with Crippen LogP contribution in [0.2, 0.25) is 10.0 Å². The highest BCUT2D eigenvalue weighted by Gasteiger charge is 2.34. The maximum atomic E-state index is 13.8. The molecular weight excluding hydrogens is 390 g/mol. The second-order valence-corrected chi connectivity index (χ2v) is 7.39. The van der Waals surface area contributed by atoms with Gasteiger partial charge in [0.2, 0.25) is 11.8 Å². The summed E-state index contributed by atoms with van der Waals surface area (Å²) in [6.45, 7) is 0.883. The zero-order chi connectivity index (χ0) is 19.4. The first-order valence-corrected chi connectivity index (χ1v) is 9.42. The average Bonchev–Trinajstić information content (AvgIpc) is 2.99. The molecule has 2 aromatic rings. The van der Waals surface area contributed by atoms with Crippen LogP contribution in [-0.4, -0.2) is 29.8 Å². The number of hydrogen-bond donors (Lipinski definition) is 1. The lowest BCUT2D eigenvalue weighted by Gasteiger charge is -2.17. The maximum absolute atomic E-state index is 13.8. The molecule has 0 aliphatic carbocycles. The number of benzene rings is 2. The number of carbonyl (C=O) groups is 2. The van der Waals surface area contributed by atoms with Crippen LogP contribution in [0.25, 0.3) is 0 Å². The minimum atomic E-state index is -0.426. The summed E-state index contributed by atoms with van der Waals surface area (Å²) in [5.74, 6) is -1.09. The van der Waals surface area contributed by atoms with Gasteiger partial charge in [-0.3, -0.25) is 9.59 Å². The van der Waals surface area contributed by atoms with Crippen LogP contribution in [0.1, 0.15) is 17.5 Å². The van der Waals surface area contributed by atoms with Gasteiger partial charge in [-0.1, -0.05) is 47.5 Å². The molecule has 7 heteroatoms. The van der Waals surface area contributed by atoms with Crippen molar-refractivity contribution in [1.82, 2.24) is 10.2 Å². The van der Waals surface area contributed by atoms with E-state index in [1.54, 1.807) is 30.3 Å². The molecule has 4 nitrogen and oxygen atoms in total. The van der Waals surface area contributed by atoms with Gasteiger partial charge in [0.15, 0.2) is 0 Å². The molecule has 142 valence electrons. The molecule has 1 unspecified atom stereocenters. The van der Waals surface area contributed by atoms with Crippen LogP contribution in [0.3, 0.4) is 0 Å². The Balaban J connectivity index is 1.51. The summed E-state index contributed by atoms with van der Waals surface area (Å²) in [6, 6.07) is 11.6. The van der Waals surface area contributed by atoms with Crippen molar-refractivity contribution in [1.29, 1.82) is 0 Å². The van der Waals surface area contributed by atoms with Gasteiger partial charge in [0, 0.05) is 41.7 Å². The molecule has 0 radical (unpaired) electrons. The lowest BCUT2D eigenvalue weighted by atomic mass is 10.1. The lowest BCUT2D eigenvalue weighted by Crippen LogP contribution is -2.34. The average molecular weight is 409 g/mol. The monoisotopic (exact) mass is 408 g/mol. The third-order valence-electron chi connectivity index (χ3n) is 4.61. The molecule has 0 aromatic heterocycles. The number of nitrogens with zero attached hydrogens (tertiary/aromatic N) is 1. The second-order valence-electron chi connectivity index (χ2n) is 6.54. The van der Waals surface area contributed by atoms with Crippen molar-refractivity contribution in [2.45, 2.75) is 19.4 Å². The Bertz CT molecular complexity index is 860. The van der Waals surface area contributed by atoms with Crippen molar-refractivity contribution in [3.8, 4) is 0 Å². The van der Waals surface area contributed by atoms with Gasteiger partial charge in [-0.2, -0.15) is 0 Å². The molecular formula is C20H19Cl2FN2O2. The van der Waals surface area contributed by atoms with E-state index in [9.17, 15) is 14.0 Å². The molecule has 1 aliphatic rings. The molecule has 0 bridgehead atoms. The fourth-order valence-corrected chi connectivity index (χ4v) is 3.62. The molecule has 0 saturated carbocycles. The van der Waals surface area contributed by atoms with E-state index in [0.29, 0.717) is 35.1 Å². The Hall–Kier alpha value is -2.11. The van der Waals surface area contributed by atoms with Gasteiger partial charge in [0.1, 0.15) is 5.82 Å². The van der Waals surface area contributed by atoms with Crippen LogP contribution >= 0.6 is 23.2 Å². The fourth-order valence-electron chi connectivity index (χ4n) is 3.12. The summed E-state index contributed by atoms with van der Waals surface area (Å²) >= 11 is 12.0. The van der Waals surface area contributed by atoms with Gasteiger partial charge in [0.05, 0.1) is 5.92 Å². The number of hydrogen-bond acceptors (Lipinski definition) is 2. The Kier molecular flexibility index (Phi) is 6.34. The van der Waals surface area contributed by atoms with E-state index >= 15 is 0 Å². The highest BCUT2D eigenvalue weighted by atomic mass is 35.5. The zero-order valence-corrected chi connectivity index (χ0v) is 16.1. The number of halogens is 3. The number of carbonyl (C=O) groups excluding carboxylic acids is 2. The van der Waals surface area contributed by atoms with E-state index in [0.717, 1.165) is 5.56 Å². The van der Waals surface area contributed by atoms with Crippen LogP contribution in [0.15, 0.2) is 42.5 Å². The molecule has 1 N–H and O–H groups in total. The molecule has 1 fully saturated rings. The van der Waals surface area contributed by atoms with Crippen LogP contribution in [0.4, 0.5) is 4.39 Å². The third-order valence-corrected chi connectivity index (χ3v) is 5.20. The predicted molar refractivity (Wildman–Crippen MR) is 103 cm³/mol. The van der Waals surface area contributed by atoms with Crippen LogP contribution in [-0.2, 0) is 22.6 Å². The van der Waals surface area contributed by atoms with Crippen molar-refractivity contribution in [2.75, 3.05) is 13.1 Å². The molecule has 1 atom stereocenters. The number of rotatable bonds is 6.